The molecule has 1 aromatic heterocycles. The van der Waals surface area contributed by atoms with Gasteiger partial charge in [0.05, 0.1) is 0 Å². The third kappa shape index (κ3) is 3.20. The van der Waals surface area contributed by atoms with E-state index in [1.807, 2.05) is 23.6 Å². The van der Waals surface area contributed by atoms with Gasteiger partial charge in [0.2, 0.25) is 0 Å². The Bertz CT molecular complexity index is 393. The summed E-state index contributed by atoms with van der Waals surface area (Å²) in [5.74, 6) is 0.689. The van der Waals surface area contributed by atoms with E-state index in [4.69, 9.17) is 5.73 Å². The molecule has 0 aliphatic carbocycles. The fourth-order valence-electron chi connectivity index (χ4n) is 1.81. The van der Waals surface area contributed by atoms with Crippen LogP contribution in [0.1, 0.15) is 37.9 Å². The van der Waals surface area contributed by atoms with Crippen molar-refractivity contribution >= 4 is 0 Å². The summed E-state index contributed by atoms with van der Waals surface area (Å²) in [4.78, 5) is 12.0. The molecule has 0 unspecified atom stereocenters. The summed E-state index contributed by atoms with van der Waals surface area (Å²) in [6.07, 6.45) is 2.20. The maximum absolute atomic E-state index is 12.0. The summed E-state index contributed by atoms with van der Waals surface area (Å²) >= 11 is 0. The molecule has 2 N–H and O–H groups in total. The Balaban J connectivity index is 2.82. The van der Waals surface area contributed by atoms with Crippen molar-refractivity contribution < 1.29 is 0 Å². The first kappa shape index (κ1) is 13.0. The van der Waals surface area contributed by atoms with E-state index in [-0.39, 0.29) is 5.56 Å². The second kappa shape index (κ2) is 5.85. The van der Waals surface area contributed by atoms with Gasteiger partial charge in [-0.15, -0.1) is 0 Å². The quantitative estimate of drug-likeness (QED) is 0.829. The van der Waals surface area contributed by atoms with Gasteiger partial charge in [-0.2, -0.15) is 0 Å². The number of hydrogen-bond acceptors (Lipinski definition) is 2. The molecule has 3 heteroatoms. The zero-order valence-electron chi connectivity index (χ0n) is 10.5. The maximum Gasteiger partial charge on any atom is 0.255 e. The van der Waals surface area contributed by atoms with E-state index in [0.29, 0.717) is 18.0 Å². The number of nitrogens with zero attached hydrogens (tertiary/aromatic N) is 1. The highest BCUT2D eigenvalue weighted by Crippen LogP contribution is 2.06. The van der Waals surface area contributed by atoms with E-state index >= 15 is 0 Å². The molecule has 1 aromatic rings. The first-order valence-corrected chi connectivity index (χ1v) is 5.95. The Morgan fingerprint density at radius 3 is 2.62 bits per heavy atom. The van der Waals surface area contributed by atoms with Crippen LogP contribution in [0.3, 0.4) is 0 Å². The standard InChI is InChI=1S/C13H22N2O/c1-10(2)5-4-8-15-11(3)6-7-12(9-14)13(15)16/h6-7,10H,4-5,8-9,14H2,1-3H3. The lowest BCUT2D eigenvalue weighted by Gasteiger charge is -2.12. The Labute approximate surface area is 97.3 Å². The van der Waals surface area contributed by atoms with Crippen LogP contribution in [0.2, 0.25) is 0 Å². The second-order valence-corrected chi connectivity index (χ2v) is 4.70. The average Bonchev–Trinajstić information content (AvgIpc) is 2.23. The third-order valence-electron chi connectivity index (χ3n) is 2.85. The SMILES string of the molecule is Cc1ccc(CN)c(=O)n1CCCC(C)C. The molecular weight excluding hydrogens is 200 g/mol. The van der Waals surface area contributed by atoms with Crippen LogP contribution in [-0.4, -0.2) is 4.57 Å². The molecule has 1 rings (SSSR count). The predicted molar refractivity (Wildman–Crippen MR) is 67.4 cm³/mol. The maximum atomic E-state index is 12.0. The molecule has 3 nitrogen and oxygen atoms in total. The topological polar surface area (TPSA) is 48.0 Å². The van der Waals surface area contributed by atoms with Crippen LogP contribution in [0.15, 0.2) is 16.9 Å². The Kier molecular flexibility index (Phi) is 4.74. The van der Waals surface area contributed by atoms with E-state index < -0.39 is 0 Å². The van der Waals surface area contributed by atoms with E-state index in [2.05, 4.69) is 13.8 Å². The molecule has 0 aromatic carbocycles. The van der Waals surface area contributed by atoms with Gasteiger partial charge in [-0.05, 0) is 31.7 Å². The lowest BCUT2D eigenvalue weighted by Crippen LogP contribution is -2.27. The molecule has 0 aliphatic heterocycles. The first-order valence-electron chi connectivity index (χ1n) is 5.95. The van der Waals surface area contributed by atoms with Crippen molar-refractivity contribution in [3.8, 4) is 0 Å². The van der Waals surface area contributed by atoms with Crippen molar-refractivity contribution in [2.75, 3.05) is 0 Å². The van der Waals surface area contributed by atoms with Gasteiger partial charge in [0, 0.05) is 24.3 Å². The van der Waals surface area contributed by atoms with Crippen molar-refractivity contribution in [1.29, 1.82) is 0 Å². The summed E-state index contributed by atoms with van der Waals surface area (Å²) in [5, 5.41) is 0. The third-order valence-corrected chi connectivity index (χ3v) is 2.85. The highest BCUT2D eigenvalue weighted by Gasteiger charge is 2.05. The molecule has 1 heterocycles. The van der Waals surface area contributed by atoms with Gasteiger partial charge in [0.1, 0.15) is 0 Å². The van der Waals surface area contributed by atoms with Crippen molar-refractivity contribution in [3.05, 3.63) is 33.7 Å². The lowest BCUT2D eigenvalue weighted by molar-refractivity contribution is 0.500. The van der Waals surface area contributed by atoms with Crippen LogP contribution in [0.4, 0.5) is 0 Å². The Hall–Kier alpha value is -1.09. The molecule has 0 bridgehead atoms. The lowest BCUT2D eigenvalue weighted by atomic mass is 10.1. The molecule has 90 valence electrons. The second-order valence-electron chi connectivity index (χ2n) is 4.70. The minimum absolute atomic E-state index is 0.0752. The monoisotopic (exact) mass is 222 g/mol. The number of hydrogen-bond donors (Lipinski definition) is 1. The van der Waals surface area contributed by atoms with Crippen LogP contribution >= 0.6 is 0 Å². The molecule has 0 radical (unpaired) electrons. The van der Waals surface area contributed by atoms with Crippen molar-refractivity contribution in [3.63, 3.8) is 0 Å². The highest BCUT2D eigenvalue weighted by atomic mass is 16.1. The molecule has 16 heavy (non-hydrogen) atoms. The van der Waals surface area contributed by atoms with Gasteiger partial charge in [0.25, 0.3) is 5.56 Å². The summed E-state index contributed by atoms with van der Waals surface area (Å²) < 4.78 is 1.84. The number of aryl methyl sites for hydroxylation is 1. The van der Waals surface area contributed by atoms with E-state index in [0.717, 1.165) is 25.1 Å². The average molecular weight is 222 g/mol. The van der Waals surface area contributed by atoms with Gasteiger partial charge >= 0.3 is 0 Å². The minimum Gasteiger partial charge on any atom is -0.326 e. The summed E-state index contributed by atoms with van der Waals surface area (Å²) in [6.45, 7) is 7.49. The van der Waals surface area contributed by atoms with E-state index in [1.54, 1.807) is 0 Å². The largest absolute Gasteiger partial charge is 0.326 e. The van der Waals surface area contributed by atoms with Gasteiger partial charge in [-0.25, -0.2) is 0 Å². The normalized spacial score (nSPS) is 11.1. The number of nitrogens with two attached hydrogens (primary N) is 1. The van der Waals surface area contributed by atoms with Crippen LogP contribution in [0.25, 0.3) is 0 Å². The number of aromatic nitrogens is 1. The molecule has 0 spiro atoms. The van der Waals surface area contributed by atoms with Crippen molar-refractivity contribution in [1.82, 2.24) is 4.57 Å². The first-order chi connectivity index (χ1) is 7.56. The Morgan fingerprint density at radius 2 is 2.06 bits per heavy atom. The highest BCUT2D eigenvalue weighted by molar-refractivity contribution is 5.15. The Morgan fingerprint density at radius 1 is 1.38 bits per heavy atom. The van der Waals surface area contributed by atoms with Gasteiger partial charge < -0.3 is 10.3 Å². The van der Waals surface area contributed by atoms with E-state index in [1.165, 1.54) is 0 Å². The van der Waals surface area contributed by atoms with Gasteiger partial charge in [0.15, 0.2) is 0 Å². The number of rotatable bonds is 5. The summed E-state index contributed by atoms with van der Waals surface area (Å²) in [5.41, 5.74) is 7.33. The molecule has 0 saturated carbocycles. The fourth-order valence-corrected chi connectivity index (χ4v) is 1.81. The zero-order valence-corrected chi connectivity index (χ0v) is 10.5. The molecular formula is C13H22N2O. The van der Waals surface area contributed by atoms with Crippen LogP contribution in [0.5, 0.6) is 0 Å². The van der Waals surface area contributed by atoms with Crippen molar-refractivity contribution in [2.45, 2.75) is 46.7 Å². The van der Waals surface area contributed by atoms with Crippen LogP contribution in [0, 0.1) is 12.8 Å². The van der Waals surface area contributed by atoms with Gasteiger partial charge in [-0.1, -0.05) is 19.9 Å². The molecule has 0 amide bonds. The number of pyridine rings is 1. The van der Waals surface area contributed by atoms with Crippen LogP contribution in [-0.2, 0) is 13.1 Å². The van der Waals surface area contributed by atoms with Crippen molar-refractivity contribution in [2.24, 2.45) is 11.7 Å². The minimum atomic E-state index is 0.0752. The molecule has 0 aliphatic rings. The molecule has 0 saturated heterocycles. The van der Waals surface area contributed by atoms with Gasteiger partial charge in [-0.3, -0.25) is 4.79 Å². The smallest absolute Gasteiger partial charge is 0.255 e. The molecule has 0 atom stereocenters. The van der Waals surface area contributed by atoms with E-state index in [9.17, 15) is 4.79 Å². The fraction of sp³-hybridized carbons (Fsp3) is 0.615. The molecule has 0 fully saturated rings. The van der Waals surface area contributed by atoms with Crippen LogP contribution < -0.4 is 11.3 Å². The predicted octanol–water partition coefficient (Wildman–Crippen LogP) is 2.05. The summed E-state index contributed by atoms with van der Waals surface area (Å²) in [6, 6.07) is 3.80. The summed E-state index contributed by atoms with van der Waals surface area (Å²) in [7, 11) is 0. The zero-order chi connectivity index (χ0) is 12.1.